The van der Waals surface area contributed by atoms with Crippen LogP contribution in [0.5, 0.6) is 0 Å². The van der Waals surface area contributed by atoms with Gasteiger partial charge in [0.05, 0.1) is 5.54 Å². The standard InChI is InChI=1S/C13H17BrClNO/c1-9-7-10(14)5-6-11(9)12(17)16(4)13(2,3)8-15/h5-7H,8H2,1-4H3. The summed E-state index contributed by atoms with van der Waals surface area (Å²) in [5.74, 6) is 0.408. The van der Waals surface area contributed by atoms with E-state index in [4.69, 9.17) is 11.6 Å². The number of rotatable bonds is 3. The molecule has 0 fully saturated rings. The molecule has 0 N–H and O–H groups in total. The van der Waals surface area contributed by atoms with Crippen molar-refractivity contribution >= 4 is 33.4 Å². The molecule has 0 aliphatic carbocycles. The largest absolute Gasteiger partial charge is 0.335 e. The zero-order chi connectivity index (χ0) is 13.2. The number of aryl methyl sites for hydroxylation is 1. The van der Waals surface area contributed by atoms with Crippen LogP contribution in [0.1, 0.15) is 29.8 Å². The highest BCUT2D eigenvalue weighted by Gasteiger charge is 2.28. The lowest BCUT2D eigenvalue weighted by molar-refractivity contribution is 0.0659. The highest BCUT2D eigenvalue weighted by atomic mass is 79.9. The molecule has 1 aromatic rings. The lowest BCUT2D eigenvalue weighted by atomic mass is 10.0. The molecule has 1 amide bonds. The van der Waals surface area contributed by atoms with Gasteiger partial charge in [0.25, 0.3) is 5.91 Å². The van der Waals surface area contributed by atoms with Crippen molar-refractivity contribution in [1.29, 1.82) is 0 Å². The Morgan fingerprint density at radius 2 is 2.06 bits per heavy atom. The lowest BCUT2D eigenvalue weighted by Crippen LogP contribution is -2.46. The van der Waals surface area contributed by atoms with Gasteiger partial charge in [0.15, 0.2) is 0 Å². The summed E-state index contributed by atoms with van der Waals surface area (Å²) in [7, 11) is 1.78. The first-order valence-corrected chi connectivity index (χ1v) is 6.72. The predicted octanol–water partition coefficient (Wildman–Crippen LogP) is 3.85. The third-order valence-corrected chi connectivity index (χ3v) is 4.11. The van der Waals surface area contributed by atoms with E-state index in [2.05, 4.69) is 15.9 Å². The Morgan fingerprint density at radius 1 is 1.47 bits per heavy atom. The number of carbonyl (C=O) groups is 1. The molecule has 1 aromatic carbocycles. The first-order chi connectivity index (χ1) is 7.79. The second kappa shape index (κ2) is 5.40. The smallest absolute Gasteiger partial charge is 0.254 e. The number of carbonyl (C=O) groups excluding carboxylic acids is 1. The molecular weight excluding hydrogens is 302 g/mol. The normalized spacial score (nSPS) is 11.4. The van der Waals surface area contributed by atoms with Crippen molar-refractivity contribution in [2.75, 3.05) is 12.9 Å². The van der Waals surface area contributed by atoms with Crippen LogP contribution in [0.3, 0.4) is 0 Å². The molecule has 0 bridgehead atoms. The summed E-state index contributed by atoms with van der Waals surface area (Å²) in [4.78, 5) is 14.0. The summed E-state index contributed by atoms with van der Waals surface area (Å²) in [6, 6.07) is 5.65. The zero-order valence-corrected chi connectivity index (χ0v) is 12.9. The molecule has 0 radical (unpaired) electrons. The van der Waals surface area contributed by atoms with E-state index in [9.17, 15) is 4.79 Å². The summed E-state index contributed by atoms with van der Waals surface area (Å²) in [6.45, 7) is 5.83. The number of alkyl halides is 1. The van der Waals surface area contributed by atoms with Crippen molar-refractivity contribution in [2.45, 2.75) is 26.3 Å². The van der Waals surface area contributed by atoms with Gasteiger partial charge in [-0.3, -0.25) is 4.79 Å². The monoisotopic (exact) mass is 317 g/mol. The third-order valence-electron chi connectivity index (χ3n) is 2.96. The summed E-state index contributed by atoms with van der Waals surface area (Å²) >= 11 is 9.27. The minimum absolute atomic E-state index is 0.000602. The number of hydrogen-bond acceptors (Lipinski definition) is 1. The second-order valence-corrected chi connectivity index (χ2v) is 5.95. The molecule has 0 aliphatic rings. The molecule has 0 aromatic heterocycles. The topological polar surface area (TPSA) is 20.3 Å². The fraction of sp³-hybridized carbons (Fsp3) is 0.462. The summed E-state index contributed by atoms with van der Waals surface area (Å²) in [5, 5.41) is 0. The van der Waals surface area contributed by atoms with E-state index in [0.29, 0.717) is 11.4 Å². The van der Waals surface area contributed by atoms with Gasteiger partial charge in [0, 0.05) is 23.0 Å². The predicted molar refractivity (Wildman–Crippen MR) is 75.8 cm³/mol. The van der Waals surface area contributed by atoms with Gasteiger partial charge < -0.3 is 4.90 Å². The van der Waals surface area contributed by atoms with Crippen LogP contribution in [-0.4, -0.2) is 29.3 Å². The molecule has 0 spiro atoms. The third kappa shape index (κ3) is 3.23. The Bertz CT molecular complexity index is 431. The van der Waals surface area contributed by atoms with E-state index in [0.717, 1.165) is 10.0 Å². The molecule has 4 heteroatoms. The molecule has 1 rings (SSSR count). The number of amides is 1. The highest BCUT2D eigenvalue weighted by Crippen LogP contribution is 2.21. The van der Waals surface area contributed by atoms with Crippen molar-refractivity contribution in [3.8, 4) is 0 Å². The Balaban J connectivity index is 3.05. The van der Waals surface area contributed by atoms with Gasteiger partial charge in [-0.15, -0.1) is 11.6 Å². The van der Waals surface area contributed by atoms with E-state index in [-0.39, 0.29) is 11.4 Å². The molecule has 0 aliphatic heterocycles. The number of benzene rings is 1. The maximum absolute atomic E-state index is 12.3. The first kappa shape index (κ1) is 14.5. The van der Waals surface area contributed by atoms with Crippen LogP contribution in [0.25, 0.3) is 0 Å². The molecule has 94 valence electrons. The Kier molecular flexibility index (Phi) is 4.62. The SMILES string of the molecule is Cc1cc(Br)ccc1C(=O)N(C)C(C)(C)CCl. The van der Waals surface area contributed by atoms with Gasteiger partial charge in [-0.2, -0.15) is 0 Å². The van der Waals surface area contributed by atoms with Crippen molar-refractivity contribution in [1.82, 2.24) is 4.90 Å². The highest BCUT2D eigenvalue weighted by molar-refractivity contribution is 9.10. The molecule has 0 unspecified atom stereocenters. The average Bonchev–Trinajstić information content (AvgIpc) is 2.27. The maximum atomic E-state index is 12.3. The summed E-state index contributed by atoms with van der Waals surface area (Å²) < 4.78 is 0.978. The molecule has 0 atom stereocenters. The van der Waals surface area contributed by atoms with Crippen LogP contribution >= 0.6 is 27.5 Å². The van der Waals surface area contributed by atoms with Gasteiger partial charge in [-0.1, -0.05) is 15.9 Å². The fourth-order valence-electron chi connectivity index (χ4n) is 1.41. The molecular formula is C13H17BrClNO. The Labute approximate surface area is 116 Å². The zero-order valence-electron chi connectivity index (χ0n) is 10.6. The number of hydrogen-bond donors (Lipinski definition) is 0. The molecule has 0 heterocycles. The van der Waals surface area contributed by atoms with Crippen LogP contribution in [0.15, 0.2) is 22.7 Å². The molecule has 0 saturated carbocycles. The van der Waals surface area contributed by atoms with Crippen molar-refractivity contribution in [2.24, 2.45) is 0 Å². The minimum Gasteiger partial charge on any atom is -0.335 e. The van der Waals surface area contributed by atoms with Crippen molar-refractivity contribution < 1.29 is 4.79 Å². The first-order valence-electron chi connectivity index (χ1n) is 5.40. The van der Waals surface area contributed by atoms with Crippen LogP contribution < -0.4 is 0 Å². The van der Waals surface area contributed by atoms with Gasteiger partial charge in [0.2, 0.25) is 0 Å². The minimum atomic E-state index is -0.349. The van der Waals surface area contributed by atoms with E-state index < -0.39 is 0 Å². The van der Waals surface area contributed by atoms with Crippen LogP contribution in [-0.2, 0) is 0 Å². The number of nitrogens with zero attached hydrogens (tertiary/aromatic N) is 1. The molecule has 0 saturated heterocycles. The van der Waals surface area contributed by atoms with Crippen molar-refractivity contribution in [3.63, 3.8) is 0 Å². The van der Waals surface area contributed by atoms with Gasteiger partial charge in [-0.25, -0.2) is 0 Å². The van der Waals surface area contributed by atoms with Gasteiger partial charge in [0.1, 0.15) is 0 Å². The quantitative estimate of drug-likeness (QED) is 0.775. The van der Waals surface area contributed by atoms with Crippen LogP contribution in [0.2, 0.25) is 0 Å². The Hall–Kier alpha value is -0.540. The maximum Gasteiger partial charge on any atom is 0.254 e. The average molecular weight is 319 g/mol. The van der Waals surface area contributed by atoms with Crippen LogP contribution in [0.4, 0.5) is 0 Å². The van der Waals surface area contributed by atoms with E-state index in [1.54, 1.807) is 11.9 Å². The van der Waals surface area contributed by atoms with Gasteiger partial charge in [-0.05, 0) is 44.5 Å². The lowest BCUT2D eigenvalue weighted by Gasteiger charge is -2.34. The molecule has 2 nitrogen and oxygen atoms in total. The second-order valence-electron chi connectivity index (χ2n) is 4.77. The molecule has 17 heavy (non-hydrogen) atoms. The number of halogens is 2. The summed E-state index contributed by atoms with van der Waals surface area (Å²) in [5.41, 5.74) is 1.33. The van der Waals surface area contributed by atoms with Crippen LogP contribution in [0, 0.1) is 6.92 Å². The Morgan fingerprint density at radius 3 is 2.53 bits per heavy atom. The van der Waals surface area contributed by atoms with Gasteiger partial charge >= 0.3 is 0 Å². The van der Waals surface area contributed by atoms with E-state index >= 15 is 0 Å². The fourth-order valence-corrected chi connectivity index (χ4v) is 2.07. The van der Waals surface area contributed by atoms with E-state index in [1.807, 2.05) is 39.0 Å². The summed E-state index contributed by atoms with van der Waals surface area (Å²) in [6.07, 6.45) is 0. The van der Waals surface area contributed by atoms with Crippen molar-refractivity contribution in [3.05, 3.63) is 33.8 Å². The van der Waals surface area contributed by atoms with E-state index in [1.165, 1.54) is 0 Å².